The Morgan fingerprint density at radius 1 is 1.33 bits per heavy atom. The van der Waals surface area contributed by atoms with Crippen LogP contribution in [0, 0.1) is 5.92 Å². The second-order valence-electron chi connectivity index (χ2n) is 5.36. The summed E-state index contributed by atoms with van der Waals surface area (Å²) in [4.78, 5) is 19.5. The number of para-hydroxylation sites is 1. The average Bonchev–Trinajstić information content (AvgIpc) is 2.83. The first-order valence-corrected chi connectivity index (χ1v) is 7.16. The van der Waals surface area contributed by atoms with Crippen molar-refractivity contribution in [2.75, 3.05) is 0 Å². The highest BCUT2D eigenvalue weighted by Crippen LogP contribution is 2.22. The lowest BCUT2D eigenvalue weighted by Gasteiger charge is -2.07. The molecule has 0 bridgehead atoms. The van der Waals surface area contributed by atoms with E-state index in [-0.39, 0.29) is 5.56 Å². The second-order valence-corrected chi connectivity index (χ2v) is 5.76. The number of aromatic amines is 1. The van der Waals surface area contributed by atoms with Crippen LogP contribution in [0.1, 0.15) is 19.7 Å². The molecule has 2 heterocycles. The van der Waals surface area contributed by atoms with E-state index in [0.29, 0.717) is 39.9 Å². The highest BCUT2D eigenvalue weighted by molar-refractivity contribution is 6.32. The maximum absolute atomic E-state index is 12.1. The predicted octanol–water partition coefficient (Wildman–Crippen LogP) is 2.96. The van der Waals surface area contributed by atoms with Crippen molar-refractivity contribution in [2.24, 2.45) is 5.92 Å². The van der Waals surface area contributed by atoms with E-state index in [4.69, 9.17) is 11.6 Å². The molecule has 0 aliphatic rings. The van der Waals surface area contributed by atoms with Crippen molar-refractivity contribution in [3.8, 4) is 5.69 Å². The largest absolute Gasteiger partial charge is 0.310 e. The Balaban J connectivity index is 2.23. The van der Waals surface area contributed by atoms with Gasteiger partial charge in [0.1, 0.15) is 11.2 Å². The minimum Gasteiger partial charge on any atom is -0.310 e. The van der Waals surface area contributed by atoms with Gasteiger partial charge in [-0.1, -0.05) is 37.6 Å². The number of nitrogens with zero attached hydrogens (tertiary/aromatic N) is 3. The number of hydrogen-bond donors (Lipinski definition) is 1. The maximum Gasteiger partial charge on any atom is 0.262 e. The van der Waals surface area contributed by atoms with Crippen LogP contribution in [0.4, 0.5) is 0 Å². The molecule has 0 amide bonds. The summed E-state index contributed by atoms with van der Waals surface area (Å²) in [6.45, 7) is 4.16. The topological polar surface area (TPSA) is 63.6 Å². The van der Waals surface area contributed by atoms with Crippen molar-refractivity contribution in [3.63, 3.8) is 0 Å². The van der Waals surface area contributed by atoms with E-state index >= 15 is 0 Å². The van der Waals surface area contributed by atoms with E-state index in [2.05, 4.69) is 28.9 Å². The highest BCUT2D eigenvalue weighted by atomic mass is 35.5. The molecule has 2 aromatic heterocycles. The van der Waals surface area contributed by atoms with Gasteiger partial charge in [-0.2, -0.15) is 5.10 Å². The lowest BCUT2D eigenvalue weighted by Crippen LogP contribution is -2.14. The standard InChI is InChI=1S/C15H15ClN4O/c1-9(2)7-13-18-14-10(15(21)19-13)8-17-20(14)12-6-4-3-5-11(12)16/h3-6,8-9H,7H2,1-2H3,(H,18,19,21). The van der Waals surface area contributed by atoms with E-state index in [9.17, 15) is 4.79 Å². The van der Waals surface area contributed by atoms with Crippen LogP contribution < -0.4 is 5.56 Å². The maximum atomic E-state index is 12.1. The van der Waals surface area contributed by atoms with Crippen LogP contribution in [0.25, 0.3) is 16.7 Å². The molecule has 0 aliphatic heterocycles. The fourth-order valence-electron chi connectivity index (χ4n) is 2.25. The lowest BCUT2D eigenvalue weighted by atomic mass is 10.1. The van der Waals surface area contributed by atoms with Gasteiger partial charge >= 0.3 is 0 Å². The van der Waals surface area contributed by atoms with Gasteiger partial charge in [0.05, 0.1) is 16.9 Å². The number of H-pyrrole nitrogens is 1. The summed E-state index contributed by atoms with van der Waals surface area (Å²) in [5.74, 6) is 1.07. The van der Waals surface area contributed by atoms with Crippen LogP contribution >= 0.6 is 11.6 Å². The number of fused-ring (bicyclic) bond motifs is 1. The first-order valence-electron chi connectivity index (χ1n) is 6.78. The molecule has 0 unspecified atom stereocenters. The first kappa shape index (κ1) is 13.8. The van der Waals surface area contributed by atoms with Crippen LogP contribution in [0.15, 0.2) is 35.3 Å². The molecule has 3 aromatic rings. The molecular weight excluding hydrogens is 288 g/mol. The summed E-state index contributed by atoms with van der Waals surface area (Å²) in [7, 11) is 0. The summed E-state index contributed by atoms with van der Waals surface area (Å²) in [5.41, 5.74) is 1.07. The normalized spacial score (nSPS) is 11.4. The van der Waals surface area contributed by atoms with E-state index in [1.165, 1.54) is 6.20 Å². The SMILES string of the molecule is CC(C)Cc1nc2c(cnn2-c2ccccc2Cl)c(=O)[nH]1. The molecule has 1 aromatic carbocycles. The number of halogens is 1. The van der Waals surface area contributed by atoms with Gasteiger partial charge in [0.2, 0.25) is 0 Å². The molecular formula is C15H15ClN4O. The fourth-order valence-corrected chi connectivity index (χ4v) is 2.46. The Morgan fingerprint density at radius 2 is 2.10 bits per heavy atom. The number of hydrogen-bond acceptors (Lipinski definition) is 3. The van der Waals surface area contributed by atoms with Gasteiger partial charge in [0.15, 0.2) is 5.65 Å². The quantitative estimate of drug-likeness (QED) is 0.809. The van der Waals surface area contributed by atoms with Gasteiger partial charge in [-0.3, -0.25) is 4.79 Å². The molecule has 0 saturated carbocycles. The molecule has 108 valence electrons. The van der Waals surface area contributed by atoms with Crippen molar-refractivity contribution < 1.29 is 0 Å². The van der Waals surface area contributed by atoms with Crippen molar-refractivity contribution in [1.29, 1.82) is 0 Å². The third-order valence-corrected chi connectivity index (χ3v) is 3.49. The summed E-state index contributed by atoms with van der Waals surface area (Å²) in [6.07, 6.45) is 2.22. The second kappa shape index (κ2) is 5.33. The van der Waals surface area contributed by atoms with Gasteiger partial charge < -0.3 is 4.98 Å². The Labute approximate surface area is 126 Å². The molecule has 1 N–H and O–H groups in total. The molecule has 0 radical (unpaired) electrons. The fraction of sp³-hybridized carbons (Fsp3) is 0.267. The average molecular weight is 303 g/mol. The van der Waals surface area contributed by atoms with Crippen LogP contribution in [-0.4, -0.2) is 19.7 Å². The zero-order chi connectivity index (χ0) is 15.0. The van der Waals surface area contributed by atoms with Crippen molar-refractivity contribution >= 4 is 22.6 Å². The summed E-state index contributed by atoms with van der Waals surface area (Å²) >= 11 is 6.21. The molecule has 0 fully saturated rings. The third-order valence-electron chi connectivity index (χ3n) is 3.17. The molecule has 5 nitrogen and oxygen atoms in total. The first-order chi connectivity index (χ1) is 10.1. The van der Waals surface area contributed by atoms with Crippen LogP contribution in [0.2, 0.25) is 5.02 Å². The van der Waals surface area contributed by atoms with Crippen LogP contribution in [-0.2, 0) is 6.42 Å². The van der Waals surface area contributed by atoms with E-state index in [1.54, 1.807) is 10.7 Å². The molecule has 0 saturated heterocycles. The molecule has 0 atom stereocenters. The Hall–Kier alpha value is -2.14. The smallest absolute Gasteiger partial charge is 0.262 e. The van der Waals surface area contributed by atoms with Crippen molar-refractivity contribution in [1.82, 2.24) is 19.7 Å². The molecule has 0 aliphatic carbocycles. The van der Waals surface area contributed by atoms with Gasteiger partial charge in [-0.25, -0.2) is 9.67 Å². The van der Waals surface area contributed by atoms with E-state index < -0.39 is 0 Å². The Morgan fingerprint density at radius 3 is 2.81 bits per heavy atom. The minimum atomic E-state index is -0.172. The number of aromatic nitrogens is 4. The number of benzene rings is 1. The number of nitrogens with one attached hydrogen (secondary N) is 1. The molecule has 6 heteroatoms. The van der Waals surface area contributed by atoms with Gasteiger partial charge in [-0.15, -0.1) is 0 Å². The minimum absolute atomic E-state index is 0.172. The van der Waals surface area contributed by atoms with E-state index in [1.807, 2.05) is 18.2 Å². The molecule has 0 spiro atoms. The van der Waals surface area contributed by atoms with Crippen LogP contribution in [0.3, 0.4) is 0 Å². The van der Waals surface area contributed by atoms with Crippen molar-refractivity contribution in [2.45, 2.75) is 20.3 Å². The summed E-state index contributed by atoms with van der Waals surface area (Å²) in [5, 5.41) is 5.28. The summed E-state index contributed by atoms with van der Waals surface area (Å²) < 4.78 is 1.61. The molecule has 3 rings (SSSR count). The summed E-state index contributed by atoms with van der Waals surface area (Å²) in [6, 6.07) is 7.35. The zero-order valence-electron chi connectivity index (χ0n) is 11.8. The number of rotatable bonds is 3. The van der Waals surface area contributed by atoms with Gasteiger partial charge in [0.25, 0.3) is 5.56 Å². The highest BCUT2D eigenvalue weighted by Gasteiger charge is 2.13. The van der Waals surface area contributed by atoms with E-state index in [0.717, 1.165) is 0 Å². The molecule has 21 heavy (non-hydrogen) atoms. The predicted molar refractivity (Wildman–Crippen MR) is 83.0 cm³/mol. The lowest BCUT2D eigenvalue weighted by molar-refractivity contribution is 0.620. The zero-order valence-corrected chi connectivity index (χ0v) is 12.6. The van der Waals surface area contributed by atoms with Gasteiger partial charge in [-0.05, 0) is 18.1 Å². The van der Waals surface area contributed by atoms with Crippen LogP contribution in [0.5, 0.6) is 0 Å². The third kappa shape index (κ3) is 2.56. The van der Waals surface area contributed by atoms with Gasteiger partial charge in [0, 0.05) is 6.42 Å². The monoisotopic (exact) mass is 302 g/mol. The Kier molecular flexibility index (Phi) is 3.51. The van der Waals surface area contributed by atoms with Crippen molar-refractivity contribution in [3.05, 3.63) is 51.7 Å². The Bertz CT molecular complexity index is 850.